The van der Waals surface area contributed by atoms with Crippen LogP contribution in [-0.4, -0.2) is 22.5 Å². The van der Waals surface area contributed by atoms with Crippen LogP contribution >= 0.6 is 27.5 Å². The van der Waals surface area contributed by atoms with Crippen LogP contribution in [0.3, 0.4) is 0 Å². The van der Waals surface area contributed by atoms with Gasteiger partial charge in [-0.15, -0.1) is 11.6 Å². The molecule has 122 valence electrons. The Morgan fingerprint density at radius 2 is 2.22 bits per heavy atom. The fourth-order valence-electron chi connectivity index (χ4n) is 2.45. The maximum atomic E-state index is 10.9. The Bertz CT molecular complexity index is 777. The number of hydrogen-bond donors (Lipinski definition) is 0. The quantitative estimate of drug-likeness (QED) is 0.556. The zero-order chi connectivity index (χ0) is 17.2. The van der Waals surface area contributed by atoms with Gasteiger partial charge in [-0.05, 0) is 31.5 Å². The number of hydrogen-bond acceptors (Lipinski definition) is 3. The SMILES string of the molecule is CC(=O)OCC(Cl)Cn1cc(C(C)(C)C#N)c2ccc(Br)cc21. The Balaban J connectivity index is 2.42. The largest absolute Gasteiger partial charge is 0.464 e. The number of nitriles is 1. The summed E-state index contributed by atoms with van der Waals surface area (Å²) < 4.78 is 7.93. The number of fused-ring (bicyclic) bond motifs is 1. The van der Waals surface area contributed by atoms with Gasteiger partial charge in [0.2, 0.25) is 0 Å². The van der Waals surface area contributed by atoms with E-state index in [4.69, 9.17) is 16.3 Å². The Kier molecular flexibility index (Phi) is 5.38. The summed E-state index contributed by atoms with van der Waals surface area (Å²) in [6, 6.07) is 8.30. The summed E-state index contributed by atoms with van der Waals surface area (Å²) in [6.45, 7) is 5.79. The monoisotopic (exact) mass is 396 g/mol. The van der Waals surface area contributed by atoms with Crippen LogP contribution < -0.4 is 0 Å². The zero-order valence-electron chi connectivity index (χ0n) is 13.3. The van der Waals surface area contributed by atoms with E-state index in [-0.39, 0.29) is 18.0 Å². The summed E-state index contributed by atoms with van der Waals surface area (Å²) in [5, 5.41) is 10.1. The Morgan fingerprint density at radius 3 is 2.83 bits per heavy atom. The molecule has 4 nitrogen and oxygen atoms in total. The van der Waals surface area contributed by atoms with Gasteiger partial charge in [0.05, 0.1) is 16.9 Å². The molecule has 0 spiro atoms. The van der Waals surface area contributed by atoms with Gasteiger partial charge >= 0.3 is 5.97 Å². The molecule has 0 aliphatic rings. The second-order valence-corrected chi connectivity index (χ2v) is 7.53. The van der Waals surface area contributed by atoms with Crippen LogP contribution in [0.25, 0.3) is 10.9 Å². The van der Waals surface area contributed by atoms with E-state index in [1.54, 1.807) is 0 Å². The van der Waals surface area contributed by atoms with Crippen molar-refractivity contribution < 1.29 is 9.53 Å². The van der Waals surface area contributed by atoms with Crippen molar-refractivity contribution >= 4 is 44.4 Å². The molecule has 0 aliphatic carbocycles. The third kappa shape index (κ3) is 4.07. The van der Waals surface area contributed by atoms with E-state index < -0.39 is 5.41 Å². The summed E-state index contributed by atoms with van der Waals surface area (Å²) in [4.78, 5) is 10.9. The lowest BCUT2D eigenvalue weighted by Crippen LogP contribution is -2.18. The smallest absolute Gasteiger partial charge is 0.302 e. The molecule has 1 heterocycles. The first-order valence-electron chi connectivity index (χ1n) is 7.22. The van der Waals surface area contributed by atoms with Gasteiger partial charge in [-0.2, -0.15) is 5.26 Å². The predicted octanol–water partition coefficient (Wildman–Crippen LogP) is 4.38. The molecule has 1 aromatic heterocycles. The Labute approximate surface area is 149 Å². The second-order valence-electron chi connectivity index (χ2n) is 5.99. The molecular weight excluding hydrogens is 380 g/mol. The fourth-order valence-corrected chi connectivity index (χ4v) is 3.01. The third-order valence-electron chi connectivity index (χ3n) is 3.66. The number of halogens is 2. The predicted molar refractivity (Wildman–Crippen MR) is 94.6 cm³/mol. The van der Waals surface area contributed by atoms with Crippen molar-refractivity contribution in [2.45, 2.75) is 38.1 Å². The van der Waals surface area contributed by atoms with Crippen molar-refractivity contribution in [3.63, 3.8) is 0 Å². The molecule has 2 rings (SSSR count). The number of carbonyl (C=O) groups excluding carboxylic acids is 1. The molecule has 0 amide bonds. The summed E-state index contributed by atoms with van der Waals surface area (Å²) in [6.07, 6.45) is 1.96. The molecule has 0 fully saturated rings. The fraction of sp³-hybridized carbons (Fsp3) is 0.412. The topological polar surface area (TPSA) is 55.0 Å². The molecule has 23 heavy (non-hydrogen) atoms. The first-order valence-corrected chi connectivity index (χ1v) is 8.45. The minimum atomic E-state index is -0.602. The van der Waals surface area contributed by atoms with Crippen molar-refractivity contribution in [1.82, 2.24) is 4.57 Å². The Morgan fingerprint density at radius 1 is 1.52 bits per heavy atom. The lowest BCUT2D eigenvalue weighted by Gasteiger charge is -2.14. The van der Waals surface area contributed by atoms with Gasteiger partial charge in [0.15, 0.2) is 0 Å². The number of benzene rings is 1. The number of esters is 1. The van der Waals surface area contributed by atoms with Crippen LogP contribution in [0, 0.1) is 11.3 Å². The summed E-state index contributed by atoms with van der Waals surface area (Å²) in [5.74, 6) is -0.345. The first-order chi connectivity index (χ1) is 10.7. The molecule has 1 unspecified atom stereocenters. The van der Waals surface area contributed by atoms with E-state index in [1.807, 2.05) is 42.8 Å². The van der Waals surface area contributed by atoms with Gasteiger partial charge in [0, 0.05) is 35.0 Å². The molecule has 0 saturated heterocycles. The average molecular weight is 398 g/mol. The maximum Gasteiger partial charge on any atom is 0.302 e. The van der Waals surface area contributed by atoms with Crippen molar-refractivity contribution in [2.24, 2.45) is 0 Å². The van der Waals surface area contributed by atoms with E-state index in [9.17, 15) is 10.1 Å². The first kappa shape index (κ1) is 17.8. The zero-order valence-corrected chi connectivity index (χ0v) is 15.6. The van der Waals surface area contributed by atoms with Crippen molar-refractivity contribution in [3.05, 3.63) is 34.4 Å². The molecule has 0 aliphatic heterocycles. The highest BCUT2D eigenvalue weighted by molar-refractivity contribution is 9.10. The molecule has 0 radical (unpaired) electrons. The van der Waals surface area contributed by atoms with Gasteiger partial charge in [-0.1, -0.05) is 22.0 Å². The van der Waals surface area contributed by atoms with Gasteiger partial charge in [0.1, 0.15) is 6.61 Å². The molecule has 2 aromatic rings. The van der Waals surface area contributed by atoms with Crippen LogP contribution in [0.2, 0.25) is 0 Å². The summed E-state index contributed by atoms with van der Waals surface area (Å²) in [7, 11) is 0. The maximum absolute atomic E-state index is 10.9. The van der Waals surface area contributed by atoms with Crippen LogP contribution in [0.15, 0.2) is 28.9 Å². The van der Waals surface area contributed by atoms with E-state index >= 15 is 0 Å². The summed E-state index contributed by atoms with van der Waals surface area (Å²) >= 11 is 9.76. The van der Waals surface area contributed by atoms with E-state index in [0.29, 0.717) is 6.54 Å². The lowest BCUT2D eigenvalue weighted by molar-refractivity contribution is -0.141. The third-order valence-corrected chi connectivity index (χ3v) is 4.42. The van der Waals surface area contributed by atoms with Gasteiger partial charge in [0.25, 0.3) is 0 Å². The highest BCUT2D eigenvalue weighted by Crippen LogP contribution is 2.33. The minimum absolute atomic E-state index is 0.154. The van der Waals surface area contributed by atoms with Gasteiger partial charge in [-0.25, -0.2) is 0 Å². The van der Waals surface area contributed by atoms with Crippen molar-refractivity contribution in [1.29, 1.82) is 5.26 Å². The summed E-state index contributed by atoms with van der Waals surface area (Å²) in [5.41, 5.74) is 1.35. The molecule has 6 heteroatoms. The van der Waals surface area contributed by atoms with E-state index in [1.165, 1.54) is 6.92 Å². The molecule has 0 N–H and O–H groups in total. The molecular formula is C17H18BrClN2O2. The van der Waals surface area contributed by atoms with Gasteiger partial charge < -0.3 is 9.30 Å². The molecule has 1 atom stereocenters. The Hall–Kier alpha value is -1.51. The lowest BCUT2D eigenvalue weighted by atomic mass is 9.86. The average Bonchev–Trinajstić information content (AvgIpc) is 2.84. The second kappa shape index (κ2) is 6.94. The van der Waals surface area contributed by atoms with E-state index in [0.717, 1.165) is 20.9 Å². The number of nitrogens with zero attached hydrogens (tertiary/aromatic N) is 2. The normalized spacial score (nSPS) is 12.9. The van der Waals surface area contributed by atoms with Crippen molar-refractivity contribution in [2.75, 3.05) is 6.61 Å². The number of rotatable bonds is 5. The van der Waals surface area contributed by atoms with E-state index in [2.05, 4.69) is 22.0 Å². The number of ether oxygens (including phenoxy) is 1. The number of aromatic nitrogens is 1. The molecule has 0 saturated carbocycles. The highest BCUT2D eigenvalue weighted by Gasteiger charge is 2.25. The van der Waals surface area contributed by atoms with Crippen molar-refractivity contribution in [3.8, 4) is 6.07 Å². The minimum Gasteiger partial charge on any atom is -0.464 e. The number of alkyl halides is 1. The highest BCUT2D eigenvalue weighted by atomic mass is 79.9. The molecule has 0 bridgehead atoms. The number of carbonyl (C=O) groups is 1. The van der Waals surface area contributed by atoms with Crippen LogP contribution in [0.5, 0.6) is 0 Å². The molecule has 1 aromatic carbocycles. The van der Waals surface area contributed by atoms with Crippen LogP contribution in [0.4, 0.5) is 0 Å². The van der Waals surface area contributed by atoms with Gasteiger partial charge in [-0.3, -0.25) is 4.79 Å². The van der Waals surface area contributed by atoms with Crippen LogP contribution in [-0.2, 0) is 21.5 Å². The standard InChI is InChI=1S/C17H18BrClN2O2/c1-11(22)23-9-13(19)7-21-8-15(17(2,3)10-20)14-5-4-12(18)6-16(14)21/h4-6,8,13H,7,9H2,1-3H3. The van der Waals surface area contributed by atoms with Crippen LogP contribution in [0.1, 0.15) is 26.3 Å².